The molecule has 0 bridgehead atoms. The first kappa shape index (κ1) is 13.6. The van der Waals surface area contributed by atoms with Crippen molar-refractivity contribution in [2.45, 2.75) is 19.0 Å². The van der Waals surface area contributed by atoms with Crippen molar-refractivity contribution in [3.8, 4) is 0 Å². The predicted octanol–water partition coefficient (Wildman–Crippen LogP) is -1.71. The fourth-order valence-corrected chi connectivity index (χ4v) is 2.35. The van der Waals surface area contributed by atoms with Crippen LogP contribution in [0.3, 0.4) is 0 Å². The average Bonchev–Trinajstić information content (AvgIpc) is 2.36. The zero-order valence-corrected chi connectivity index (χ0v) is 10.8. The summed E-state index contributed by atoms with van der Waals surface area (Å²) in [6.07, 6.45) is -0.957. The number of carboxylic acid groups (broad SMARTS) is 1. The molecule has 0 spiro atoms. The van der Waals surface area contributed by atoms with E-state index in [0.29, 0.717) is 19.6 Å². The highest BCUT2D eigenvalue weighted by Gasteiger charge is 2.32. The van der Waals surface area contributed by atoms with Gasteiger partial charge in [0.1, 0.15) is 0 Å². The van der Waals surface area contributed by atoms with Crippen molar-refractivity contribution in [2.24, 2.45) is 0 Å². The molecular weight excluding hydrogens is 252 g/mol. The maximum Gasteiger partial charge on any atom is 0.407 e. The minimum absolute atomic E-state index is 0.0185. The van der Waals surface area contributed by atoms with E-state index in [4.69, 9.17) is 5.11 Å². The molecule has 0 aromatic heterocycles. The Kier molecular flexibility index (Phi) is 3.89. The standard InChI is InChI=1S/C11H18N4O4/c1-7-2-12-8(5-15(7)11(18)19)4-14-6-9(16)13-3-10(14)17/h7-8,12H,2-6H2,1H3,(H,13,16)(H,18,19)/t7-,8+/m1/s1. The fourth-order valence-electron chi connectivity index (χ4n) is 2.35. The average molecular weight is 270 g/mol. The van der Waals surface area contributed by atoms with E-state index in [9.17, 15) is 14.4 Å². The van der Waals surface area contributed by atoms with Crippen LogP contribution in [0, 0.1) is 0 Å². The maximum absolute atomic E-state index is 11.6. The number of hydrogen-bond acceptors (Lipinski definition) is 4. The van der Waals surface area contributed by atoms with Gasteiger partial charge in [0.05, 0.1) is 13.1 Å². The van der Waals surface area contributed by atoms with Gasteiger partial charge in [-0.3, -0.25) is 9.59 Å². The highest BCUT2D eigenvalue weighted by Crippen LogP contribution is 2.09. The van der Waals surface area contributed by atoms with Crippen molar-refractivity contribution in [3.63, 3.8) is 0 Å². The fraction of sp³-hybridized carbons (Fsp3) is 0.727. The smallest absolute Gasteiger partial charge is 0.407 e. The SMILES string of the molecule is C[C@@H]1CN[C@@H](CN2CC(=O)NCC2=O)CN1C(=O)O. The minimum Gasteiger partial charge on any atom is -0.465 e. The van der Waals surface area contributed by atoms with Gasteiger partial charge in [-0.25, -0.2) is 4.79 Å². The van der Waals surface area contributed by atoms with Crippen molar-refractivity contribution in [3.05, 3.63) is 0 Å². The number of carbonyl (C=O) groups excluding carboxylic acids is 2. The Morgan fingerprint density at radius 2 is 2.21 bits per heavy atom. The summed E-state index contributed by atoms with van der Waals surface area (Å²) < 4.78 is 0. The predicted molar refractivity (Wildman–Crippen MR) is 65.6 cm³/mol. The van der Waals surface area contributed by atoms with Gasteiger partial charge in [0.15, 0.2) is 0 Å². The molecule has 2 saturated heterocycles. The van der Waals surface area contributed by atoms with E-state index >= 15 is 0 Å². The van der Waals surface area contributed by atoms with Crippen LogP contribution in [0.25, 0.3) is 0 Å². The summed E-state index contributed by atoms with van der Waals surface area (Å²) in [7, 11) is 0. The molecule has 2 aliphatic rings. The van der Waals surface area contributed by atoms with Crippen molar-refractivity contribution in [1.29, 1.82) is 0 Å². The molecule has 8 heteroatoms. The van der Waals surface area contributed by atoms with Crippen LogP contribution in [-0.2, 0) is 9.59 Å². The van der Waals surface area contributed by atoms with E-state index in [1.54, 1.807) is 0 Å². The minimum atomic E-state index is -0.957. The lowest BCUT2D eigenvalue weighted by Crippen LogP contribution is -2.62. The number of hydrogen-bond donors (Lipinski definition) is 3. The Morgan fingerprint density at radius 3 is 2.89 bits per heavy atom. The highest BCUT2D eigenvalue weighted by molar-refractivity contribution is 5.92. The molecule has 0 saturated carbocycles. The number of rotatable bonds is 2. The van der Waals surface area contributed by atoms with Gasteiger partial charge >= 0.3 is 6.09 Å². The lowest BCUT2D eigenvalue weighted by molar-refractivity contribution is -0.141. The van der Waals surface area contributed by atoms with E-state index in [2.05, 4.69) is 10.6 Å². The molecule has 3 amide bonds. The molecule has 2 heterocycles. The van der Waals surface area contributed by atoms with Crippen molar-refractivity contribution in [1.82, 2.24) is 20.4 Å². The molecule has 2 atom stereocenters. The van der Waals surface area contributed by atoms with Gasteiger partial charge in [-0.2, -0.15) is 0 Å². The van der Waals surface area contributed by atoms with Gasteiger partial charge in [-0.1, -0.05) is 0 Å². The Hall–Kier alpha value is -1.83. The molecule has 0 aliphatic carbocycles. The summed E-state index contributed by atoms with van der Waals surface area (Å²) in [5, 5.41) is 14.8. The molecule has 0 aromatic carbocycles. The van der Waals surface area contributed by atoms with E-state index in [-0.39, 0.29) is 37.0 Å². The monoisotopic (exact) mass is 270 g/mol. The zero-order valence-electron chi connectivity index (χ0n) is 10.8. The lowest BCUT2D eigenvalue weighted by atomic mass is 10.1. The highest BCUT2D eigenvalue weighted by atomic mass is 16.4. The maximum atomic E-state index is 11.6. The summed E-state index contributed by atoms with van der Waals surface area (Å²) in [4.78, 5) is 36.8. The largest absolute Gasteiger partial charge is 0.465 e. The van der Waals surface area contributed by atoms with E-state index in [1.807, 2.05) is 6.92 Å². The third kappa shape index (κ3) is 3.14. The van der Waals surface area contributed by atoms with Crippen LogP contribution in [-0.4, -0.2) is 77.6 Å². The second-order valence-electron chi connectivity index (χ2n) is 4.94. The van der Waals surface area contributed by atoms with Gasteiger partial charge < -0.3 is 25.5 Å². The number of nitrogens with zero attached hydrogens (tertiary/aromatic N) is 2. The normalized spacial score (nSPS) is 28.3. The van der Waals surface area contributed by atoms with E-state index in [0.717, 1.165) is 0 Å². The molecule has 0 unspecified atom stereocenters. The number of amides is 3. The topological polar surface area (TPSA) is 102 Å². The van der Waals surface area contributed by atoms with Crippen LogP contribution >= 0.6 is 0 Å². The Bertz CT molecular complexity index is 400. The number of piperazine rings is 2. The molecular formula is C11H18N4O4. The van der Waals surface area contributed by atoms with Crippen LogP contribution in [0.4, 0.5) is 4.79 Å². The second kappa shape index (κ2) is 5.43. The second-order valence-corrected chi connectivity index (χ2v) is 4.94. The van der Waals surface area contributed by atoms with Gasteiger partial charge in [0.2, 0.25) is 11.8 Å². The summed E-state index contributed by atoms with van der Waals surface area (Å²) in [6.45, 7) is 3.11. The van der Waals surface area contributed by atoms with Crippen LogP contribution in [0.5, 0.6) is 0 Å². The summed E-state index contributed by atoms with van der Waals surface area (Å²) in [5.41, 5.74) is 0. The molecule has 19 heavy (non-hydrogen) atoms. The Labute approximate surface area is 110 Å². The van der Waals surface area contributed by atoms with Gasteiger partial charge in [0.25, 0.3) is 0 Å². The molecule has 106 valence electrons. The van der Waals surface area contributed by atoms with Gasteiger partial charge in [0, 0.05) is 31.7 Å². The molecule has 2 rings (SSSR count). The van der Waals surface area contributed by atoms with Crippen LogP contribution in [0.2, 0.25) is 0 Å². The first-order chi connectivity index (χ1) is 8.97. The first-order valence-electron chi connectivity index (χ1n) is 6.25. The quantitative estimate of drug-likeness (QED) is 0.554. The number of carbonyl (C=O) groups is 3. The zero-order chi connectivity index (χ0) is 14.0. The van der Waals surface area contributed by atoms with Crippen LogP contribution in [0.15, 0.2) is 0 Å². The molecule has 8 nitrogen and oxygen atoms in total. The molecule has 0 aromatic rings. The third-order valence-corrected chi connectivity index (χ3v) is 3.46. The number of nitrogens with one attached hydrogen (secondary N) is 2. The van der Waals surface area contributed by atoms with Crippen molar-refractivity contribution < 1.29 is 19.5 Å². The van der Waals surface area contributed by atoms with Gasteiger partial charge in [-0.05, 0) is 6.92 Å². The Morgan fingerprint density at radius 1 is 1.47 bits per heavy atom. The Balaban J connectivity index is 1.93. The van der Waals surface area contributed by atoms with Gasteiger partial charge in [-0.15, -0.1) is 0 Å². The van der Waals surface area contributed by atoms with Crippen LogP contribution in [0.1, 0.15) is 6.92 Å². The lowest BCUT2D eigenvalue weighted by Gasteiger charge is -2.39. The first-order valence-corrected chi connectivity index (χ1v) is 6.25. The van der Waals surface area contributed by atoms with E-state index < -0.39 is 6.09 Å². The molecule has 2 fully saturated rings. The summed E-state index contributed by atoms with van der Waals surface area (Å²) >= 11 is 0. The molecule has 2 aliphatic heterocycles. The molecule has 3 N–H and O–H groups in total. The van der Waals surface area contributed by atoms with E-state index in [1.165, 1.54) is 9.80 Å². The summed E-state index contributed by atoms with van der Waals surface area (Å²) in [6, 6.07) is -0.226. The van der Waals surface area contributed by atoms with Crippen LogP contribution < -0.4 is 10.6 Å². The molecule has 0 radical (unpaired) electrons. The third-order valence-electron chi connectivity index (χ3n) is 3.46. The van der Waals surface area contributed by atoms with Crippen molar-refractivity contribution in [2.75, 3.05) is 32.7 Å². The summed E-state index contributed by atoms with van der Waals surface area (Å²) in [5.74, 6) is -0.319. The van der Waals surface area contributed by atoms with Crippen molar-refractivity contribution >= 4 is 17.9 Å².